The average molecular weight is 388 g/mol. The number of nitrogens with zero attached hydrogens (tertiary/aromatic N) is 2. The fraction of sp³-hybridized carbons (Fsp3) is 0.105. The van der Waals surface area contributed by atoms with Gasteiger partial charge in [-0.3, -0.25) is 14.5 Å². The second-order valence-electron chi connectivity index (χ2n) is 5.96. The molecule has 1 aliphatic rings. The van der Waals surface area contributed by atoms with Crippen molar-refractivity contribution < 1.29 is 22.8 Å². The maximum Gasteiger partial charge on any atom is 0.416 e. The summed E-state index contributed by atoms with van der Waals surface area (Å²) in [6.07, 6.45) is -4.39. The number of carbonyl (C=O) groups is 2. The number of hydrogen-bond donors (Lipinski definition) is 0. The van der Waals surface area contributed by atoms with Gasteiger partial charge in [0.1, 0.15) is 5.01 Å². The lowest BCUT2D eigenvalue weighted by molar-refractivity contribution is -0.137. The molecule has 0 aliphatic carbocycles. The van der Waals surface area contributed by atoms with Crippen molar-refractivity contribution >= 4 is 23.2 Å². The zero-order chi connectivity index (χ0) is 19.2. The number of benzene rings is 2. The van der Waals surface area contributed by atoms with Crippen molar-refractivity contribution in [2.24, 2.45) is 0 Å². The van der Waals surface area contributed by atoms with E-state index in [1.807, 2.05) is 0 Å². The van der Waals surface area contributed by atoms with Crippen molar-refractivity contribution in [3.8, 4) is 10.6 Å². The van der Waals surface area contributed by atoms with Crippen molar-refractivity contribution in [1.82, 2.24) is 9.88 Å². The fourth-order valence-electron chi connectivity index (χ4n) is 2.86. The number of fused-ring (bicyclic) bond motifs is 1. The first-order chi connectivity index (χ1) is 12.8. The second kappa shape index (κ2) is 6.31. The molecular formula is C19H11F3N2O2S. The summed E-state index contributed by atoms with van der Waals surface area (Å²) in [5.41, 5.74) is 1.04. The standard InChI is InChI=1S/C19H11F3N2O2S/c20-19(21,22)12-7-5-11(6-8-12)16-23-13(10-27-16)9-24-17(25)14-3-1-2-4-15(14)18(24)26/h1-8,10H,9H2. The molecule has 8 heteroatoms. The zero-order valence-electron chi connectivity index (χ0n) is 13.7. The summed E-state index contributed by atoms with van der Waals surface area (Å²) >= 11 is 1.24. The van der Waals surface area contributed by atoms with Crippen LogP contribution < -0.4 is 0 Å². The van der Waals surface area contributed by atoms with Gasteiger partial charge < -0.3 is 0 Å². The number of amides is 2. The molecule has 0 saturated carbocycles. The van der Waals surface area contributed by atoms with Crippen LogP contribution in [-0.2, 0) is 12.7 Å². The fourth-order valence-corrected chi connectivity index (χ4v) is 3.68. The van der Waals surface area contributed by atoms with Crippen LogP contribution in [0.1, 0.15) is 32.0 Å². The topological polar surface area (TPSA) is 50.3 Å². The highest BCUT2D eigenvalue weighted by Gasteiger charge is 2.35. The van der Waals surface area contributed by atoms with Gasteiger partial charge >= 0.3 is 6.18 Å². The number of aromatic nitrogens is 1. The normalized spacial score (nSPS) is 14.0. The molecule has 2 aromatic carbocycles. The smallest absolute Gasteiger partial charge is 0.269 e. The Balaban J connectivity index is 1.54. The van der Waals surface area contributed by atoms with Crippen molar-refractivity contribution in [2.75, 3.05) is 0 Å². The number of imide groups is 1. The Labute approximate surface area is 155 Å². The largest absolute Gasteiger partial charge is 0.416 e. The first kappa shape index (κ1) is 17.4. The number of carbonyl (C=O) groups excluding carboxylic acids is 2. The Bertz CT molecular complexity index is 1010. The molecule has 2 heterocycles. The Morgan fingerprint density at radius 2 is 1.52 bits per heavy atom. The van der Waals surface area contributed by atoms with Crippen molar-refractivity contribution in [2.45, 2.75) is 12.7 Å². The second-order valence-corrected chi connectivity index (χ2v) is 6.82. The van der Waals surface area contributed by atoms with Gasteiger partial charge in [-0.05, 0) is 24.3 Å². The van der Waals surface area contributed by atoms with Crippen LogP contribution >= 0.6 is 11.3 Å². The third-order valence-electron chi connectivity index (χ3n) is 4.21. The predicted molar refractivity (Wildman–Crippen MR) is 93.2 cm³/mol. The molecule has 0 radical (unpaired) electrons. The summed E-state index contributed by atoms with van der Waals surface area (Å²) in [5, 5.41) is 2.21. The molecule has 0 atom stereocenters. The molecule has 0 fully saturated rings. The van der Waals surface area contributed by atoms with E-state index in [9.17, 15) is 22.8 Å². The van der Waals surface area contributed by atoms with Crippen LogP contribution in [0.2, 0.25) is 0 Å². The maximum absolute atomic E-state index is 12.7. The first-order valence-corrected chi connectivity index (χ1v) is 8.80. The van der Waals surface area contributed by atoms with E-state index in [1.165, 1.54) is 23.5 Å². The van der Waals surface area contributed by atoms with E-state index in [4.69, 9.17) is 0 Å². The van der Waals surface area contributed by atoms with Crippen molar-refractivity contribution in [3.63, 3.8) is 0 Å². The molecule has 27 heavy (non-hydrogen) atoms. The molecule has 4 nitrogen and oxygen atoms in total. The number of rotatable bonds is 3. The van der Waals surface area contributed by atoms with E-state index >= 15 is 0 Å². The summed E-state index contributed by atoms with van der Waals surface area (Å²) in [6.45, 7) is 0.0173. The molecule has 3 aromatic rings. The Kier molecular flexibility index (Phi) is 4.07. The number of thiazole rings is 1. The van der Waals surface area contributed by atoms with Crippen molar-refractivity contribution in [1.29, 1.82) is 0 Å². The van der Waals surface area contributed by atoms with Gasteiger partial charge in [-0.1, -0.05) is 24.3 Å². The minimum Gasteiger partial charge on any atom is -0.269 e. The summed E-state index contributed by atoms with van der Waals surface area (Å²) < 4.78 is 38.0. The lowest BCUT2D eigenvalue weighted by atomic mass is 10.1. The van der Waals surface area contributed by atoms with Crippen molar-refractivity contribution in [3.05, 3.63) is 76.3 Å². The SMILES string of the molecule is O=C1c2ccccc2C(=O)N1Cc1csc(-c2ccc(C(F)(F)F)cc2)n1. The molecular weight excluding hydrogens is 377 g/mol. The Morgan fingerprint density at radius 1 is 0.926 bits per heavy atom. The quantitative estimate of drug-likeness (QED) is 0.615. The van der Waals surface area contributed by atoms with Gasteiger partial charge in [0.15, 0.2) is 0 Å². The Hall–Kier alpha value is -3.00. The predicted octanol–water partition coefficient (Wildman–Crippen LogP) is 4.63. The number of hydrogen-bond acceptors (Lipinski definition) is 4. The van der Waals surface area contributed by atoms with Crippen LogP contribution in [0, 0.1) is 0 Å². The number of alkyl halides is 3. The average Bonchev–Trinajstić information content (AvgIpc) is 3.21. The van der Waals surface area contributed by atoms with E-state index in [2.05, 4.69) is 4.98 Å². The van der Waals surface area contributed by atoms with Gasteiger partial charge in [0, 0.05) is 10.9 Å². The molecule has 0 spiro atoms. The summed E-state index contributed by atoms with van der Waals surface area (Å²) in [6, 6.07) is 11.3. The van der Waals surface area contributed by atoms with Gasteiger partial charge in [0.2, 0.25) is 0 Å². The van der Waals surface area contributed by atoms with Crippen LogP contribution in [0.5, 0.6) is 0 Å². The molecule has 1 aliphatic heterocycles. The minimum atomic E-state index is -4.39. The third-order valence-corrected chi connectivity index (χ3v) is 5.15. The molecule has 0 bridgehead atoms. The van der Waals surface area contributed by atoms with E-state index in [0.717, 1.165) is 17.0 Å². The van der Waals surface area contributed by atoms with Gasteiger partial charge in [0.05, 0.1) is 28.9 Å². The van der Waals surface area contributed by atoms with Gasteiger partial charge in [-0.15, -0.1) is 11.3 Å². The summed E-state index contributed by atoms with van der Waals surface area (Å²) in [4.78, 5) is 30.3. The monoisotopic (exact) mass is 388 g/mol. The zero-order valence-corrected chi connectivity index (χ0v) is 14.5. The van der Waals surface area contributed by atoms with Crippen LogP contribution in [0.3, 0.4) is 0 Å². The lowest BCUT2D eigenvalue weighted by Crippen LogP contribution is -2.29. The third kappa shape index (κ3) is 3.12. The molecule has 136 valence electrons. The molecule has 0 saturated heterocycles. The maximum atomic E-state index is 12.7. The highest BCUT2D eigenvalue weighted by atomic mass is 32.1. The summed E-state index contributed by atoms with van der Waals surface area (Å²) in [7, 11) is 0. The van der Waals surface area contributed by atoms with Gasteiger partial charge in [-0.2, -0.15) is 13.2 Å². The molecule has 0 unspecified atom stereocenters. The van der Waals surface area contributed by atoms with E-state index < -0.39 is 11.7 Å². The van der Waals surface area contributed by atoms with E-state index in [0.29, 0.717) is 27.4 Å². The van der Waals surface area contributed by atoms with E-state index in [1.54, 1.807) is 29.6 Å². The minimum absolute atomic E-state index is 0.0173. The molecule has 0 N–H and O–H groups in total. The van der Waals surface area contributed by atoms with Crippen LogP contribution in [0.4, 0.5) is 13.2 Å². The number of halogens is 3. The van der Waals surface area contributed by atoms with Gasteiger partial charge in [-0.25, -0.2) is 4.98 Å². The van der Waals surface area contributed by atoms with Crippen LogP contribution in [0.15, 0.2) is 53.9 Å². The highest BCUT2D eigenvalue weighted by Crippen LogP contribution is 2.32. The van der Waals surface area contributed by atoms with Crippen LogP contribution in [0.25, 0.3) is 10.6 Å². The molecule has 4 rings (SSSR count). The van der Waals surface area contributed by atoms with Gasteiger partial charge in [0.25, 0.3) is 11.8 Å². The molecule has 1 aromatic heterocycles. The van der Waals surface area contributed by atoms with Crippen LogP contribution in [-0.4, -0.2) is 21.7 Å². The molecule has 2 amide bonds. The first-order valence-electron chi connectivity index (χ1n) is 7.92. The lowest BCUT2D eigenvalue weighted by Gasteiger charge is -2.11. The Morgan fingerprint density at radius 3 is 2.07 bits per heavy atom. The highest BCUT2D eigenvalue weighted by molar-refractivity contribution is 7.13. The summed E-state index contributed by atoms with van der Waals surface area (Å²) in [5.74, 6) is -0.751. The van der Waals surface area contributed by atoms with E-state index in [-0.39, 0.29) is 18.4 Å².